The lowest BCUT2D eigenvalue weighted by Crippen LogP contribution is -2.12. The van der Waals surface area contributed by atoms with Crippen LogP contribution in [0.4, 0.5) is 4.39 Å². The highest BCUT2D eigenvalue weighted by molar-refractivity contribution is 9.10. The van der Waals surface area contributed by atoms with Crippen LogP contribution in [0.3, 0.4) is 0 Å². The summed E-state index contributed by atoms with van der Waals surface area (Å²) >= 11 is 13.0. The molecular weight excluding hydrogens is 394 g/mol. The Morgan fingerprint density at radius 2 is 2.11 bits per heavy atom. The summed E-state index contributed by atoms with van der Waals surface area (Å²) in [6, 6.07) is 3.21. The molecule has 4 heteroatoms. The highest BCUT2D eigenvalue weighted by Crippen LogP contribution is 2.52. The van der Waals surface area contributed by atoms with Crippen LogP contribution < -0.4 is 0 Å². The van der Waals surface area contributed by atoms with Gasteiger partial charge in [-0.1, -0.05) is 34.0 Å². The summed E-state index contributed by atoms with van der Waals surface area (Å²) in [5, 5.41) is 0.578. The summed E-state index contributed by atoms with van der Waals surface area (Å²) < 4.78 is 14.6. The fourth-order valence-corrected chi connectivity index (χ4v) is 5.15. The third-order valence-corrected chi connectivity index (χ3v) is 6.84. The van der Waals surface area contributed by atoms with Crippen LogP contribution in [0, 0.1) is 23.6 Å². The maximum absolute atomic E-state index is 14.0. The number of hydrogen-bond acceptors (Lipinski definition) is 0. The summed E-state index contributed by atoms with van der Waals surface area (Å²) in [5.74, 6) is 2.39. The monoisotopic (exact) mass is 408 g/mol. The van der Waals surface area contributed by atoms with Gasteiger partial charge in [-0.25, -0.2) is 4.39 Å². The van der Waals surface area contributed by atoms with Crippen molar-refractivity contribution in [3.8, 4) is 0 Å². The Bertz CT molecular complexity index is 491. The van der Waals surface area contributed by atoms with E-state index in [-0.39, 0.29) is 10.6 Å². The lowest BCUT2D eigenvalue weighted by Gasteiger charge is -2.24. The molecule has 0 aromatic heterocycles. The second kappa shape index (κ2) is 5.65. The Kier molecular flexibility index (Phi) is 4.26. The van der Waals surface area contributed by atoms with Crippen LogP contribution in [0.2, 0.25) is 5.02 Å². The van der Waals surface area contributed by atoms with Gasteiger partial charge in [-0.3, -0.25) is 0 Å². The van der Waals surface area contributed by atoms with Crippen molar-refractivity contribution in [2.45, 2.75) is 36.9 Å². The van der Waals surface area contributed by atoms with Crippen LogP contribution in [-0.2, 0) is 0 Å². The molecule has 0 amide bonds. The van der Waals surface area contributed by atoms with Crippen molar-refractivity contribution < 1.29 is 4.39 Å². The van der Waals surface area contributed by atoms with Gasteiger partial charge in [0.25, 0.3) is 0 Å². The number of halogens is 4. The molecular formula is C15H16Br2ClF. The van der Waals surface area contributed by atoms with Gasteiger partial charge in [-0.2, -0.15) is 0 Å². The van der Waals surface area contributed by atoms with Gasteiger partial charge in [0, 0.05) is 14.9 Å². The molecule has 4 unspecified atom stereocenters. The van der Waals surface area contributed by atoms with Crippen LogP contribution in [0.1, 0.15) is 42.5 Å². The summed E-state index contributed by atoms with van der Waals surface area (Å²) in [7, 11) is 0. The van der Waals surface area contributed by atoms with Crippen LogP contribution in [-0.4, -0.2) is 0 Å². The average Bonchev–Trinajstić information content (AvgIpc) is 2.95. The molecule has 0 N–H and O–H groups in total. The van der Waals surface area contributed by atoms with Gasteiger partial charge in [0.1, 0.15) is 5.82 Å². The fraction of sp³-hybridized carbons (Fsp3) is 0.600. The molecule has 0 heterocycles. The molecule has 0 spiro atoms. The van der Waals surface area contributed by atoms with Crippen molar-refractivity contribution in [3.63, 3.8) is 0 Å². The first-order valence-electron chi connectivity index (χ1n) is 6.83. The lowest BCUT2D eigenvalue weighted by molar-refractivity contribution is 0.313. The Hall–Kier alpha value is 0.400. The fourth-order valence-electron chi connectivity index (χ4n) is 3.84. The van der Waals surface area contributed by atoms with E-state index < -0.39 is 0 Å². The number of hydrogen-bond donors (Lipinski definition) is 0. The van der Waals surface area contributed by atoms with E-state index in [1.807, 2.05) is 0 Å². The predicted octanol–water partition coefficient (Wildman–Crippen LogP) is 6.50. The quantitative estimate of drug-likeness (QED) is 0.394. The third kappa shape index (κ3) is 2.89. The summed E-state index contributed by atoms with van der Waals surface area (Å²) in [5.41, 5.74) is 0.691. The number of rotatable bonds is 3. The SMILES string of the molecule is Fc1cc(Br)c(Cl)cc1C(Br)CC1CC2CCC1C2. The van der Waals surface area contributed by atoms with E-state index in [4.69, 9.17) is 11.6 Å². The molecule has 2 fully saturated rings. The molecule has 0 radical (unpaired) electrons. The molecule has 0 aliphatic heterocycles. The smallest absolute Gasteiger partial charge is 0.128 e. The Labute approximate surface area is 135 Å². The van der Waals surface area contributed by atoms with Crippen LogP contribution in [0.5, 0.6) is 0 Å². The lowest BCUT2D eigenvalue weighted by atomic mass is 9.84. The van der Waals surface area contributed by atoms with Gasteiger partial charge in [0.05, 0.1) is 5.02 Å². The van der Waals surface area contributed by atoms with Gasteiger partial charge in [0.2, 0.25) is 0 Å². The van der Waals surface area contributed by atoms with Crippen LogP contribution in [0.25, 0.3) is 0 Å². The standard InChI is InChI=1S/C15H16Br2ClF/c16-12(5-10-4-8-1-2-9(10)3-8)11-6-14(18)13(17)7-15(11)19/h6-10,12H,1-5H2. The molecule has 19 heavy (non-hydrogen) atoms. The molecule has 1 aromatic carbocycles. The summed E-state index contributed by atoms with van der Waals surface area (Å²) in [6.45, 7) is 0. The minimum Gasteiger partial charge on any atom is -0.207 e. The Balaban J connectivity index is 1.73. The molecule has 3 rings (SSSR count). The first-order chi connectivity index (χ1) is 9.04. The first-order valence-corrected chi connectivity index (χ1v) is 8.91. The largest absolute Gasteiger partial charge is 0.207 e. The maximum Gasteiger partial charge on any atom is 0.128 e. The normalized spacial score (nSPS) is 30.8. The van der Waals surface area contributed by atoms with E-state index >= 15 is 0 Å². The summed E-state index contributed by atoms with van der Waals surface area (Å²) in [6.07, 6.45) is 6.54. The van der Waals surface area contributed by atoms with E-state index in [1.165, 1.54) is 31.7 Å². The molecule has 2 saturated carbocycles. The molecule has 4 atom stereocenters. The van der Waals surface area contributed by atoms with Crippen molar-refractivity contribution >= 4 is 43.5 Å². The van der Waals surface area contributed by atoms with Crippen molar-refractivity contribution in [2.75, 3.05) is 0 Å². The number of fused-ring (bicyclic) bond motifs is 2. The second-order valence-electron chi connectivity index (χ2n) is 5.93. The topological polar surface area (TPSA) is 0 Å². The maximum atomic E-state index is 14.0. The van der Waals surface area contributed by atoms with Crippen LogP contribution in [0.15, 0.2) is 16.6 Å². The van der Waals surface area contributed by atoms with E-state index in [0.717, 1.165) is 24.2 Å². The van der Waals surface area contributed by atoms with Gasteiger partial charge >= 0.3 is 0 Å². The van der Waals surface area contributed by atoms with E-state index in [9.17, 15) is 4.39 Å². The van der Waals surface area contributed by atoms with Crippen LogP contribution >= 0.6 is 43.5 Å². The third-order valence-electron chi connectivity index (χ3n) is 4.77. The second-order valence-corrected chi connectivity index (χ2v) is 8.29. The van der Waals surface area contributed by atoms with Crippen molar-refractivity contribution in [2.24, 2.45) is 17.8 Å². The minimum absolute atomic E-state index is 0.0717. The number of benzene rings is 1. The minimum atomic E-state index is -0.179. The molecule has 2 aliphatic rings. The van der Waals surface area contributed by atoms with Crippen molar-refractivity contribution in [3.05, 3.63) is 33.0 Å². The Morgan fingerprint density at radius 1 is 1.32 bits per heavy atom. The number of alkyl halides is 1. The molecule has 0 nitrogen and oxygen atoms in total. The van der Waals surface area contributed by atoms with Crippen molar-refractivity contribution in [1.82, 2.24) is 0 Å². The van der Waals surface area contributed by atoms with Gasteiger partial charge < -0.3 is 0 Å². The summed E-state index contributed by atoms with van der Waals surface area (Å²) in [4.78, 5) is 0.0717. The van der Waals surface area contributed by atoms with Gasteiger partial charge in [-0.05, 0) is 71.5 Å². The molecule has 2 bridgehead atoms. The van der Waals surface area contributed by atoms with E-state index in [1.54, 1.807) is 6.07 Å². The molecule has 0 saturated heterocycles. The van der Waals surface area contributed by atoms with Crippen molar-refractivity contribution in [1.29, 1.82) is 0 Å². The zero-order valence-corrected chi connectivity index (χ0v) is 14.4. The average molecular weight is 411 g/mol. The van der Waals surface area contributed by atoms with E-state index in [0.29, 0.717) is 15.1 Å². The predicted molar refractivity (Wildman–Crippen MR) is 84.3 cm³/mol. The van der Waals surface area contributed by atoms with E-state index in [2.05, 4.69) is 31.9 Å². The highest BCUT2D eigenvalue weighted by Gasteiger charge is 2.40. The molecule has 2 aliphatic carbocycles. The zero-order valence-electron chi connectivity index (χ0n) is 10.5. The van der Waals surface area contributed by atoms with Gasteiger partial charge in [0.15, 0.2) is 0 Å². The van der Waals surface area contributed by atoms with Gasteiger partial charge in [-0.15, -0.1) is 0 Å². The highest BCUT2D eigenvalue weighted by atomic mass is 79.9. The Morgan fingerprint density at radius 3 is 2.74 bits per heavy atom. The first kappa shape index (κ1) is 14.3. The molecule has 1 aromatic rings. The zero-order chi connectivity index (χ0) is 13.6. The molecule has 104 valence electrons.